The summed E-state index contributed by atoms with van der Waals surface area (Å²) in [5.41, 5.74) is 2.54. The Morgan fingerprint density at radius 2 is 1.63 bits per heavy atom. The molecule has 0 aromatic heterocycles. The summed E-state index contributed by atoms with van der Waals surface area (Å²) in [6.45, 7) is 4.07. The first-order chi connectivity index (χ1) is 13.4. The Hall–Kier alpha value is -1.72. The molecular formula is C22H30BN3O. The van der Waals surface area contributed by atoms with Crippen LogP contribution in [0.15, 0.2) is 36.4 Å². The van der Waals surface area contributed by atoms with E-state index in [1.165, 1.54) is 60.7 Å². The number of ether oxygens (including phenoxy) is 1. The van der Waals surface area contributed by atoms with Crippen molar-refractivity contribution in [2.75, 3.05) is 36.8 Å². The number of benzene rings is 2. The van der Waals surface area contributed by atoms with Crippen molar-refractivity contribution in [1.82, 2.24) is 4.90 Å². The molecule has 2 N–H and O–H groups in total. The van der Waals surface area contributed by atoms with Crippen LogP contribution in [0.2, 0.25) is 0 Å². The normalized spacial score (nSPS) is 22.3. The zero-order valence-corrected chi connectivity index (χ0v) is 16.1. The second kappa shape index (κ2) is 7.73. The minimum absolute atomic E-state index is 0.255. The highest BCUT2D eigenvalue weighted by atomic mass is 16.5. The number of morpholine rings is 1. The van der Waals surface area contributed by atoms with Gasteiger partial charge in [0, 0.05) is 35.8 Å². The van der Waals surface area contributed by atoms with Crippen LogP contribution in [-0.4, -0.2) is 44.1 Å². The van der Waals surface area contributed by atoms with Crippen LogP contribution in [0.1, 0.15) is 38.5 Å². The molecule has 2 aromatic rings. The van der Waals surface area contributed by atoms with Crippen LogP contribution in [-0.2, 0) is 4.74 Å². The average molecular weight is 363 g/mol. The van der Waals surface area contributed by atoms with Crippen LogP contribution < -0.4 is 10.5 Å². The topological polar surface area (TPSA) is 36.5 Å². The maximum Gasteiger partial charge on any atom is 0.388 e. The first-order valence-corrected chi connectivity index (χ1v) is 10.7. The fourth-order valence-corrected chi connectivity index (χ4v) is 5.31. The quantitative estimate of drug-likeness (QED) is 0.791. The molecule has 2 fully saturated rings. The predicted octanol–water partition coefficient (Wildman–Crippen LogP) is 4.38. The SMILES string of the molecule is c1cc2c3c(cccc3c1)NB([C@H](CC1CCCCC1)N1CCOCC1)N2. The van der Waals surface area contributed by atoms with E-state index in [0.717, 1.165) is 32.2 Å². The Balaban J connectivity index is 1.42. The van der Waals surface area contributed by atoms with Crippen LogP contribution in [0.5, 0.6) is 0 Å². The maximum absolute atomic E-state index is 5.65. The van der Waals surface area contributed by atoms with Gasteiger partial charge in [-0.05, 0) is 29.9 Å². The molecule has 5 heteroatoms. The Bertz CT molecular complexity index is 745. The molecule has 1 aliphatic carbocycles. The molecule has 2 heterocycles. The first-order valence-electron chi connectivity index (χ1n) is 10.7. The second-order valence-corrected chi connectivity index (χ2v) is 8.43. The van der Waals surface area contributed by atoms with Gasteiger partial charge in [0.05, 0.1) is 13.2 Å². The third-order valence-electron chi connectivity index (χ3n) is 6.73. The number of anilines is 2. The summed E-state index contributed by atoms with van der Waals surface area (Å²) in [6, 6.07) is 13.2. The molecule has 27 heavy (non-hydrogen) atoms. The number of nitrogens with zero attached hydrogens (tertiary/aromatic N) is 1. The minimum atomic E-state index is 0.255. The monoisotopic (exact) mass is 363 g/mol. The van der Waals surface area contributed by atoms with E-state index in [4.69, 9.17) is 4.74 Å². The zero-order chi connectivity index (χ0) is 18.1. The smallest absolute Gasteiger partial charge is 0.388 e. The van der Waals surface area contributed by atoms with Crippen molar-refractivity contribution in [3.8, 4) is 0 Å². The highest BCUT2D eigenvalue weighted by molar-refractivity contribution is 6.69. The van der Waals surface area contributed by atoms with Crippen molar-refractivity contribution in [3.63, 3.8) is 0 Å². The molecule has 1 atom stereocenters. The summed E-state index contributed by atoms with van der Waals surface area (Å²) >= 11 is 0. The Labute approximate surface area is 162 Å². The average Bonchev–Trinajstić information content (AvgIpc) is 2.74. The molecule has 5 rings (SSSR count). The number of rotatable bonds is 4. The van der Waals surface area contributed by atoms with Crippen molar-refractivity contribution in [3.05, 3.63) is 36.4 Å². The Kier molecular flexibility index (Phi) is 4.97. The number of hydrogen-bond acceptors (Lipinski definition) is 4. The molecule has 2 aromatic carbocycles. The fourth-order valence-electron chi connectivity index (χ4n) is 5.31. The van der Waals surface area contributed by atoms with E-state index in [1.54, 1.807) is 0 Å². The summed E-state index contributed by atoms with van der Waals surface area (Å²) in [4.78, 5) is 2.66. The minimum Gasteiger partial charge on any atom is -0.408 e. The summed E-state index contributed by atoms with van der Waals surface area (Å²) in [5.74, 6) is 1.36. The summed E-state index contributed by atoms with van der Waals surface area (Å²) in [5, 5.41) is 10.3. The molecule has 2 aliphatic heterocycles. The fraction of sp³-hybridized carbons (Fsp3) is 0.545. The Morgan fingerprint density at radius 3 is 2.30 bits per heavy atom. The molecule has 0 unspecified atom stereocenters. The van der Waals surface area contributed by atoms with Crippen molar-refractivity contribution >= 4 is 29.1 Å². The lowest BCUT2D eigenvalue weighted by Crippen LogP contribution is -2.59. The molecule has 4 nitrogen and oxygen atoms in total. The van der Waals surface area contributed by atoms with Crippen LogP contribution in [0, 0.1) is 5.92 Å². The van der Waals surface area contributed by atoms with Gasteiger partial charge in [-0.1, -0.05) is 56.4 Å². The summed E-state index contributed by atoms with van der Waals surface area (Å²) in [6.07, 6.45) is 8.33. The largest absolute Gasteiger partial charge is 0.408 e. The lowest BCUT2D eigenvalue weighted by molar-refractivity contribution is 0.0253. The van der Waals surface area contributed by atoms with E-state index in [2.05, 4.69) is 51.8 Å². The van der Waals surface area contributed by atoms with E-state index in [-0.39, 0.29) is 6.98 Å². The number of nitrogens with one attached hydrogen (secondary N) is 2. The van der Waals surface area contributed by atoms with Gasteiger partial charge in [-0.25, -0.2) is 0 Å². The second-order valence-electron chi connectivity index (χ2n) is 8.43. The van der Waals surface area contributed by atoms with Crippen molar-refractivity contribution in [2.24, 2.45) is 5.92 Å². The van der Waals surface area contributed by atoms with Gasteiger partial charge in [0.15, 0.2) is 0 Å². The molecule has 142 valence electrons. The predicted molar refractivity (Wildman–Crippen MR) is 114 cm³/mol. The van der Waals surface area contributed by atoms with Gasteiger partial charge in [0.1, 0.15) is 0 Å². The van der Waals surface area contributed by atoms with E-state index < -0.39 is 0 Å². The molecule has 1 saturated carbocycles. The van der Waals surface area contributed by atoms with Crippen LogP contribution in [0.3, 0.4) is 0 Å². The molecule has 1 saturated heterocycles. The van der Waals surface area contributed by atoms with E-state index in [9.17, 15) is 0 Å². The van der Waals surface area contributed by atoms with Gasteiger partial charge < -0.3 is 15.2 Å². The standard InChI is InChI=1S/C22H30BN3O/c1-2-6-17(7-3-1)16-21(26-12-14-27-15-13-26)23-24-19-10-4-8-18-9-5-11-20(25-23)22(18)19/h4-5,8-11,17,21,24-25H,1-3,6-7,12-16H2/t21-/m0/s1. The van der Waals surface area contributed by atoms with Gasteiger partial charge in [0.25, 0.3) is 0 Å². The van der Waals surface area contributed by atoms with Crippen molar-refractivity contribution in [1.29, 1.82) is 0 Å². The van der Waals surface area contributed by atoms with Gasteiger partial charge in [-0.3, -0.25) is 4.90 Å². The third kappa shape index (κ3) is 3.55. The molecule has 0 amide bonds. The maximum atomic E-state index is 5.65. The number of hydrogen-bond donors (Lipinski definition) is 2. The lowest BCUT2D eigenvalue weighted by atomic mass is 9.60. The van der Waals surface area contributed by atoms with Crippen LogP contribution in [0.4, 0.5) is 11.4 Å². The van der Waals surface area contributed by atoms with Crippen molar-refractivity contribution < 1.29 is 4.74 Å². The molecule has 3 aliphatic rings. The highest BCUT2D eigenvalue weighted by Gasteiger charge is 2.37. The molecule has 0 spiro atoms. The molecule has 0 radical (unpaired) electrons. The van der Waals surface area contributed by atoms with Crippen LogP contribution >= 0.6 is 0 Å². The summed E-state index contributed by atoms with van der Waals surface area (Å²) < 4.78 is 5.65. The molecule has 0 bridgehead atoms. The third-order valence-corrected chi connectivity index (χ3v) is 6.73. The van der Waals surface area contributed by atoms with Crippen molar-refractivity contribution in [2.45, 2.75) is 44.5 Å². The lowest BCUT2D eigenvalue weighted by Gasteiger charge is -2.41. The molecular weight excluding hydrogens is 333 g/mol. The van der Waals surface area contributed by atoms with Gasteiger partial charge in [0.2, 0.25) is 0 Å². The van der Waals surface area contributed by atoms with E-state index in [0.29, 0.717) is 5.94 Å². The van der Waals surface area contributed by atoms with Gasteiger partial charge >= 0.3 is 6.98 Å². The Morgan fingerprint density at radius 1 is 0.963 bits per heavy atom. The van der Waals surface area contributed by atoms with E-state index in [1.807, 2.05) is 0 Å². The van der Waals surface area contributed by atoms with Gasteiger partial charge in [-0.15, -0.1) is 0 Å². The summed E-state index contributed by atoms with van der Waals surface area (Å²) in [7, 11) is 0. The highest BCUT2D eigenvalue weighted by Crippen LogP contribution is 2.36. The first kappa shape index (κ1) is 17.4. The van der Waals surface area contributed by atoms with Gasteiger partial charge in [-0.2, -0.15) is 0 Å². The van der Waals surface area contributed by atoms with E-state index >= 15 is 0 Å². The zero-order valence-electron chi connectivity index (χ0n) is 16.1. The van der Waals surface area contributed by atoms with Crippen LogP contribution in [0.25, 0.3) is 10.8 Å².